The molecular weight excluding hydrogens is 288 g/mol. The molecule has 5 nitrogen and oxygen atoms in total. The number of ether oxygens (including phenoxy) is 1. The number of rotatable bonds is 7. The van der Waals surface area contributed by atoms with Gasteiger partial charge in [-0.2, -0.15) is 0 Å². The summed E-state index contributed by atoms with van der Waals surface area (Å²) in [6.45, 7) is 2.36. The van der Waals surface area contributed by atoms with E-state index < -0.39 is 10.0 Å². The van der Waals surface area contributed by atoms with E-state index in [1.807, 2.05) is 26.1 Å². The molecule has 0 spiro atoms. The van der Waals surface area contributed by atoms with Crippen molar-refractivity contribution in [1.29, 1.82) is 0 Å². The third-order valence-electron chi connectivity index (χ3n) is 4.41. The van der Waals surface area contributed by atoms with Crippen LogP contribution in [0.15, 0.2) is 29.2 Å². The normalized spacial score (nSPS) is 19.0. The zero-order valence-corrected chi connectivity index (χ0v) is 13.7. The van der Waals surface area contributed by atoms with Crippen LogP contribution in [0.2, 0.25) is 0 Å². The number of sulfonamides is 1. The fourth-order valence-corrected chi connectivity index (χ4v) is 3.55. The van der Waals surface area contributed by atoms with Crippen molar-refractivity contribution in [3.05, 3.63) is 29.8 Å². The highest BCUT2D eigenvalue weighted by atomic mass is 32.2. The van der Waals surface area contributed by atoms with E-state index in [1.54, 1.807) is 19.2 Å². The maximum atomic E-state index is 12.3. The second-order valence-electron chi connectivity index (χ2n) is 5.64. The number of benzene rings is 1. The van der Waals surface area contributed by atoms with E-state index in [0.29, 0.717) is 11.4 Å². The molecule has 0 aliphatic heterocycles. The second-order valence-corrected chi connectivity index (χ2v) is 7.41. The molecule has 1 aliphatic rings. The zero-order chi connectivity index (χ0) is 15.5. The van der Waals surface area contributed by atoms with Crippen LogP contribution >= 0.6 is 0 Å². The van der Waals surface area contributed by atoms with Gasteiger partial charge in [0.2, 0.25) is 10.0 Å². The molecule has 1 fully saturated rings. The first kappa shape index (κ1) is 16.4. The highest BCUT2D eigenvalue weighted by Crippen LogP contribution is 2.34. The summed E-state index contributed by atoms with van der Waals surface area (Å²) in [5, 5.41) is 3.13. The van der Waals surface area contributed by atoms with Gasteiger partial charge in [0.25, 0.3) is 0 Å². The molecule has 2 N–H and O–H groups in total. The number of nitrogens with one attached hydrogen (secondary N) is 2. The fourth-order valence-electron chi connectivity index (χ4n) is 2.44. The van der Waals surface area contributed by atoms with Gasteiger partial charge >= 0.3 is 0 Å². The predicted octanol–water partition coefficient (Wildman–Crippen LogP) is 1.81. The Hall–Kier alpha value is -0.950. The third-order valence-corrected chi connectivity index (χ3v) is 5.82. The first-order valence-electron chi connectivity index (χ1n) is 7.24. The van der Waals surface area contributed by atoms with Crippen LogP contribution in [0.5, 0.6) is 0 Å². The molecule has 0 bridgehead atoms. The van der Waals surface area contributed by atoms with Gasteiger partial charge in [0, 0.05) is 19.7 Å². The summed E-state index contributed by atoms with van der Waals surface area (Å²) in [6, 6.07) is 7.16. The molecule has 1 atom stereocenters. The lowest BCUT2D eigenvalue weighted by Gasteiger charge is -2.40. The number of hydrogen-bond acceptors (Lipinski definition) is 4. The van der Waals surface area contributed by atoms with Gasteiger partial charge in [-0.15, -0.1) is 0 Å². The molecule has 0 radical (unpaired) electrons. The molecule has 6 heteroatoms. The first-order valence-corrected chi connectivity index (χ1v) is 8.73. The van der Waals surface area contributed by atoms with Gasteiger partial charge in [-0.25, -0.2) is 13.1 Å². The smallest absolute Gasteiger partial charge is 0.240 e. The van der Waals surface area contributed by atoms with Crippen LogP contribution in [0, 0.1) is 0 Å². The molecule has 1 saturated carbocycles. The fraction of sp³-hybridized carbons (Fsp3) is 0.600. The van der Waals surface area contributed by atoms with E-state index >= 15 is 0 Å². The zero-order valence-electron chi connectivity index (χ0n) is 12.8. The molecule has 2 rings (SSSR count). The average Bonchev–Trinajstić information content (AvgIpc) is 2.46. The molecule has 1 aromatic carbocycles. The first-order chi connectivity index (χ1) is 9.92. The summed E-state index contributed by atoms with van der Waals surface area (Å²) >= 11 is 0. The standard InChI is InChI=1S/C15H24N2O3S/c1-12(16-2)13-5-7-14(8-6-13)21(18,19)17-11-15(20-3)9-4-10-15/h5-8,12,16-17H,4,9-11H2,1-3H3. The van der Waals surface area contributed by atoms with Crippen LogP contribution in [-0.2, 0) is 14.8 Å². The third kappa shape index (κ3) is 3.63. The molecule has 1 unspecified atom stereocenters. The lowest BCUT2D eigenvalue weighted by molar-refractivity contribution is -0.0659. The van der Waals surface area contributed by atoms with E-state index in [4.69, 9.17) is 4.74 Å². The van der Waals surface area contributed by atoms with Crippen molar-refractivity contribution in [1.82, 2.24) is 10.0 Å². The average molecular weight is 312 g/mol. The van der Waals surface area contributed by atoms with Crippen LogP contribution in [0.25, 0.3) is 0 Å². The summed E-state index contributed by atoms with van der Waals surface area (Å²) in [4.78, 5) is 0.292. The molecule has 1 aromatic rings. The Balaban J connectivity index is 2.05. The molecular formula is C15H24N2O3S. The summed E-state index contributed by atoms with van der Waals surface area (Å²) in [5.41, 5.74) is 0.747. The summed E-state index contributed by atoms with van der Waals surface area (Å²) in [5.74, 6) is 0. The highest BCUT2D eigenvalue weighted by Gasteiger charge is 2.38. The van der Waals surface area contributed by atoms with Crippen molar-refractivity contribution < 1.29 is 13.2 Å². The van der Waals surface area contributed by atoms with E-state index in [9.17, 15) is 8.42 Å². The highest BCUT2D eigenvalue weighted by molar-refractivity contribution is 7.89. The van der Waals surface area contributed by atoms with E-state index in [2.05, 4.69) is 10.0 Å². The van der Waals surface area contributed by atoms with Crippen molar-refractivity contribution in [2.75, 3.05) is 20.7 Å². The second kappa shape index (κ2) is 6.44. The van der Waals surface area contributed by atoms with E-state index in [-0.39, 0.29) is 11.6 Å². The quantitative estimate of drug-likeness (QED) is 0.806. The largest absolute Gasteiger partial charge is 0.377 e. The Morgan fingerprint density at radius 2 is 1.90 bits per heavy atom. The van der Waals surface area contributed by atoms with Crippen molar-refractivity contribution in [2.45, 2.75) is 42.7 Å². The lowest BCUT2D eigenvalue weighted by Crippen LogP contribution is -2.49. The van der Waals surface area contributed by atoms with Gasteiger partial charge in [-0.05, 0) is 50.9 Å². The minimum atomic E-state index is -3.48. The van der Waals surface area contributed by atoms with Crippen molar-refractivity contribution >= 4 is 10.0 Å². The minimum absolute atomic E-state index is 0.196. The Morgan fingerprint density at radius 3 is 2.33 bits per heavy atom. The van der Waals surface area contributed by atoms with Gasteiger partial charge in [-0.1, -0.05) is 12.1 Å². The van der Waals surface area contributed by atoms with E-state index in [0.717, 1.165) is 24.8 Å². The minimum Gasteiger partial charge on any atom is -0.377 e. The maximum Gasteiger partial charge on any atom is 0.240 e. The summed E-state index contributed by atoms with van der Waals surface area (Å²) in [6.07, 6.45) is 2.90. The summed E-state index contributed by atoms with van der Waals surface area (Å²) in [7, 11) is 0.0356. The topological polar surface area (TPSA) is 67.4 Å². The van der Waals surface area contributed by atoms with Gasteiger partial charge in [0.1, 0.15) is 0 Å². The molecule has 21 heavy (non-hydrogen) atoms. The summed E-state index contributed by atoms with van der Waals surface area (Å²) < 4.78 is 32.7. The van der Waals surface area contributed by atoms with Crippen molar-refractivity contribution in [3.63, 3.8) is 0 Å². The van der Waals surface area contributed by atoms with Crippen LogP contribution in [0.4, 0.5) is 0 Å². The van der Waals surface area contributed by atoms with Crippen molar-refractivity contribution in [2.24, 2.45) is 0 Å². The van der Waals surface area contributed by atoms with Crippen molar-refractivity contribution in [3.8, 4) is 0 Å². The van der Waals surface area contributed by atoms with Crippen LogP contribution in [-0.4, -0.2) is 34.7 Å². The molecule has 118 valence electrons. The van der Waals surface area contributed by atoms with Gasteiger partial charge in [-0.3, -0.25) is 0 Å². The van der Waals surface area contributed by atoms with Crippen LogP contribution in [0.1, 0.15) is 37.8 Å². The monoisotopic (exact) mass is 312 g/mol. The van der Waals surface area contributed by atoms with Gasteiger partial charge in [0.05, 0.1) is 10.5 Å². The molecule has 0 aromatic heterocycles. The molecule has 1 aliphatic carbocycles. The number of hydrogen-bond donors (Lipinski definition) is 2. The Morgan fingerprint density at radius 1 is 1.29 bits per heavy atom. The predicted molar refractivity (Wildman–Crippen MR) is 82.7 cm³/mol. The van der Waals surface area contributed by atoms with Gasteiger partial charge in [0.15, 0.2) is 0 Å². The van der Waals surface area contributed by atoms with Gasteiger partial charge < -0.3 is 10.1 Å². The van der Waals surface area contributed by atoms with Crippen LogP contribution in [0.3, 0.4) is 0 Å². The van der Waals surface area contributed by atoms with Crippen LogP contribution < -0.4 is 10.0 Å². The molecule has 0 amide bonds. The Labute approximate surface area is 127 Å². The molecule has 0 heterocycles. The number of methoxy groups -OCH3 is 1. The maximum absolute atomic E-state index is 12.3. The Bertz CT molecular complexity index is 560. The molecule has 0 saturated heterocycles. The lowest BCUT2D eigenvalue weighted by atomic mass is 9.80. The Kier molecular flexibility index (Phi) is 5.03. The SMILES string of the molecule is CNC(C)c1ccc(S(=O)(=O)NCC2(OC)CCC2)cc1. The van der Waals surface area contributed by atoms with E-state index in [1.165, 1.54) is 0 Å².